The van der Waals surface area contributed by atoms with Crippen molar-refractivity contribution >= 4 is 17.7 Å². The second-order valence-corrected chi connectivity index (χ2v) is 9.73. The Hall–Kier alpha value is -0.440. The first-order valence-corrected chi connectivity index (χ1v) is 12.3. The van der Waals surface area contributed by atoms with Gasteiger partial charge in [-0.1, -0.05) is 57.6 Å². The number of fused-ring (bicyclic) bond motifs is 2. The Morgan fingerprint density at radius 3 is 2.50 bits per heavy atom. The fourth-order valence-electron chi connectivity index (χ4n) is 4.96. The highest BCUT2D eigenvalue weighted by molar-refractivity contribution is 7.99. The minimum Gasteiger partial charge on any atom is -0.481 e. The maximum atomic E-state index is 10.6. The maximum Gasteiger partial charge on any atom is 0.303 e. The third-order valence-corrected chi connectivity index (χ3v) is 8.04. The Bertz CT molecular complexity index is 420. The maximum absolute atomic E-state index is 10.6. The fourth-order valence-corrected chi connectivity index (χ4v) is 6.71. The van der Waals surface area contributed by atoms with Gasteiger partial charge in [0.15, 0.2) is 0 Å². The lowest BCUT2D eigenvalue weighted by Crippen LogP contribution is -2.24. The van der Waals surface area contributed by atoms with E-state index in [0.29, 0.717) is 6.42 Å². The van der Waals surface area contributed by atoms with Gasteiger partial charge in [-0.05, 0) is 68.5 Å². The lowest BCUT2D eigenvalue weighted by atomic mass is 9.86. The molecule has 0 aromatic rings. The van der Waals surface area contributed by atoms with Gasteiger partial charge in [-0.25, -0.2) is 0 Å². The molecule has 2 saturated carbocycles. The number of hydrogen-bond donors (Lipinski definition) is 1. The highest BCUT2D eigenvalue weighted by atomic mass is 32.2. The first-order valence-electron chi connectivity index (χ1n) is 11.2. The third kappa shape index (κ3) is 7.66. The highest BCUT2D eigenvalue weighted by Crippen LogP contribution is 2.54. The molecule has 0 saturated heterocycles. The largest absolute Gasteiger partial charge is 0.481 e. The summed E-state index contributed by atoms with van der Waals surface area (Å²) >= 11 is 2.28. The molecule has 150 valence electrons. The summed E-state index contributed by atoms with van der Waals surface area (Å²) in [5, 5.41) is 9.60. The van der Waals surface area contributed by atoms with Gasteiger partial charge in [-0.2, -0.15) is 11.8 Å². The monoisotopic (exact) mass is 380 g/mol. The van der Waals surface area contributed by atoms with E-state index in [4.69, 9.17) is 5.11 Å². The molecule has 2 rings (SSSR count). The van der Waals surface area contributed by atoms with Gasteiger partial charge >= 0.3 is 5.97 Å². The molecule has 0 aromatic carbocycles. The average molecular weight is 381 g/mol. The first-order chi connectivity index (χ1) is 12.7. The van der Waals surface area contributed by atoms with Gasteiger partial charge in [0.1, 0.15) is 0 Å². The molecule has 2 fully saturated rings. The SMILES string of the molecule is CCCCCCCCCS[C@@H]1[C@@H]2CC[C@@H](C2)[C@@H]1CC=CCCCC(=O)O. The van der Waals surface area contributed by atoms with Gasteiger partial charge < -0.3 is 5.11 Å². The Kier molecular flexibility index (Phi) is 10.8. The number of hydrogen-bond acceptors (Lipinski definition) is 2. The average Bonchev–Trinajstić information content (AvgIpc) is 3.22. The number of carboxylic acids is 1. The van der Waals surface area contributed by atoms with Crippen molar-refractivity contribution in [1.82, 2.24) is 0 Å². The van der Waals surface area contributed by atoms with Crippen LogP contribution in [0.3, 0.4) is 0 Å². The lowest BCUT2D eigenvalue weighted by molar-refractivity contribution is -0.137. The van der Waals surface area contributed by atoms with Crippen LogP contribution in [0, 0.1) is 17.8 Å². The van der Waals surface area contributed by atoms with Gasteiger partial charge in [-0.15, -0.1) is 0 Å². The van der Waals surface area contributed by atoms with E-state index >= 15 is 0 Å². The van der Waals surface area contributed by atoms with Crippen LogP contribution in [0.15, 0.2) is 12.2 Å². The molecule has 0 aromatic heterocycles. The molecule has 2 bridgehead atoms. The molecule has 3 heteroatoms. The van der Waals surface area contributed by atoms with Gasteiger partial charge in [0, 0.05) is 11.7 Å². The van der Waals surface area contributed by atoms with Crippen LogP contribution in [0.4, 0.5) is 0 Å². The third-order valence-electron chi connectivity index (χ3n) is 6.40. The van der Waals surface area contributed by atoms with Crippen molar-refractivity contribution in [2.45, 2.75) is 102 Å². The van der Waals surface area contributed by atoms with Crippen LogP contribution >= 0.6 is 11.8 Å². The van der Waals surface area contributed by atoms with Crippen LogP contribution in [0.2, 0.25) is 0 Å². The van der Waals surface area contributed by atoms with E-state index in [2.05, 4.69) is 30.8 Å². The van der Waals surface area contributed by atoms with Crippen molar-refractivity contribution in [1.29, 1.82) is 0 Å². The minimum absolute atomic E-state index is 0.301. The molecular weight excluding hydrogens is 340 g/mol. The van der Waals surface area contributed by atoms with E-state index in [1.54, 1.807) is 0 Å². The molecule has 1 N–H and O–H groups in total. The highest BCUT2D eigenvalue weighted by Gasteiger charge is 2.46. The summed E-state index contributed by atoms with van der Waals surface area (Å²) in [6.45, 7) is 2.29. The first kappa shape index (κ1) is 21.9. The van der Waals surface area contributed by atoms with Crippen molar-refractivity contribution in [2.75, 3.05) is 5.75 Å². The van der Waals surface area contributed by atoms with Gasteiger partial charge in [-0.3, -0.25) is 4.79 Å². The predicted octanol–water partition coefficient (Wildman–Crippen LogP) is 7.09. The molecule has 0 radical (unpaired) electrons. The van der Waals surface area contributed by atoms with Crippen LogP contribution in [-0.2, 0) is 4.79 Å². The van der Waals surface area contributed by atoms with E-state index < -0.39 is 5.97 Å². The van der Waals surface area contributed by atoms with Crippen molar-refractivity contribution in [3.8, 4) is 0 Å². The normalized spacial score (nSPS) is 27.6. The summed E-state index contributed by atoms with van der Waals surface area (Å²) < 4.78 is 0. The van der Waals surface area contributed by atoms with Crippen molar-refractivity contribution in [3.05, 3.63) is 12.2 Å². The smallest absolute Gasteiger partial charge is 0.303 e. The van der Waals surface area contributed by atoms with Crippen LogP contribution in [-0.4, -0.2) is 22.1 Å². The van der Waals surface area contributed by atoms with E-state index in [-0.39, 0.29) is 0 Å². The lowest BCUT2D eigenvalue weighted by Gasteiger charge is -2.30. The number of thioether (sulfide) groups is 1. The summed E-state index contributed by atoms with van der Waals surface area (Å²) in [6.07, 6.45) is 22.1. The van der Waals surface area contributed by atoms with E-state index in [1.807, 2.05) is 0 Å². The summed E-state index contributed by atoms with van der Waals surface area (Å²) in [5.74, 6) is 3.53. The zero-order valence-corrected chi connectivity index (χ0v) is 17.7. The topological polar surface area (TPSA) is 37.3 Å². The Morgan fingerprint density at radius 2 is 1.73 bits per heavy atom. The molecule has 0 heterocycles. The number of aliphatic carboxylic acids is 1. The Balaban J connectivity index is 1.60. The van der Waals surface area contributed by atoms with E-state index in [9.17, 15) is 4.79 Å². The number of unbranched alkanes of at least 4 members (excludes halogenated alkanes) is 7. The van der Waals surface area contributed by atoms with Crippen LogP contribution in [0.25, 0.3) is 0 Å². The van der Waals surface area contributed by atoms with Crippen LogP contribution in [0.1, 0.15) is 96.8 Å². The molecule has 2 nitrogen and oxygen atoms in total. The summed E-state index contributed by atoms with van der Waals surface area (Å²) in [5.41, 5.74) is 0. The van der Waals surface area contributed by atoms with E-state index in [0.717, 1.165) is 35.8 Å². The van der Waals surface area contributed by atoms with Crippen LogP contribution in [0.5, 0.6) is 0 Å². The number of rotatable bonds is 15. The standard InChI is InChI=1S/C23H40O2S/c1-2-3-4-5-6-9-12-17-26-23-20-16-15-19(18-20)21(23)13-10-7-8-11-14-22(24)25/h7,10,19-21,23H,2-6,8-9,11-18H2,1H3,(H,24,25)/t19-,20+,21-,23+/m0/s1. The fraction of sp³-hybridized carbons (Fsp3) is 0.870. The number of allylic oxidation sites excluding steroid dienone is 2. The van der Waals surface area contributed by atoms with Gasteiger partial charge in [0.25, 0.3) is 0 Å². The molecule has 0 aliphatic heterocycles. The van der Waals surface area contributed by atoms with Gasteiger partial charge in [0.05, 0.1) is 0 Å². The summed E-state index contributed by atoms with van der Waals surface area (Å²) in [6, 6.07) is 0. The minimum atomic E-state index is -0.673. The molecule has 2 aliphatic carbocycles. The molecule has 4 atom stereocenters. The summed E-state index contributed by atoms with van der Waals surface area (Å²) in [4.78, 5) is 10.6. The Morgan fingerprint density at radius 1 is 1.00 bits per heavy atom. The predicted molar refractivity (Wildman–Crippen MR) is 114 cm³/mol. The quantitative estimate of drug-likeness (QED) is 0.243. The number of carbonyl (C=O) groups is 1. The van der Waals surface area contributed by atoms with Crippen molar-refractivity contribution < 1.29 is 9.90 Å². The molecule has 26 heavy (non-hydrogen) atoms. The van der Waals surface area contributed by atoms with Crippen molar-refractivity contribution in [3.63, 3.8) is 0 Å². The van der Waals surface area contributed by atoms with E-state index in [1.165, 1.54) is 76.4 Å². The Labute approximate surface area is 165 Å². The van der Waals surface area contributed by atoms with Crippen LogP contribution < -0.4 is 0 Å². The molecular formula is C23H40O2S. The van der Waals surface area contributed by atoms with Gasteiger partial charge in [0.2, 0.25) is 0 Å². The summed E-state index contributed by atoms with van der Waals surface area (Å²) in [7, 11) is 0. The zero-order valence-electron chi connectivity index (χ0n) is 16.8. The molecule has 2 aliphatic rings. The second-order valence-electron chi connectivity index (χ2n) is 8.45. The molecule has 0 unspecified atom stereocenters. The molecule has 0 spiro atoms. The molecule has 0 amide bonds. The van der Waals surface area contributed by atoms with Crippen molar-refractivity contribution in [2.24, 2.45) is 17.8 Å². The second kappa shape index (κ2) is 12.9. The number of carboxylic acid groups (broad SMARTS) is 1. The zero-order chi connectivity index (χ0) is 18.6.